The van der Waals surface area contributed by atoms with Crippen LogP contribution in [0.15, 0.2) is 59.8 Å². The van der Waals surface area contributed by atoms with Crippen molar-refractivity contribution in [2.45, 2.75) is 13.0 Å². The van der Waals surface area contributed by atoms with Gasteiger partial charge in [-0.15, -0.1) is 0 Å². The highest BCUT2D eigenvalue weighted by molar-refractivity contribution is 6.31. The summed E-state index contributed by atoms with van der Waals surface area (Å²) in [6, 6.07) is 11.4. The van der Waals surface area contributed by atoms with Gasteiger partial charge in [0, 0.05) is 10.7 Å². The molecular weight excluding hydrogens is 384 g/mol. The molecule has 0 aromatic heterocycles. The molecule has 0 spiro atoms. The zero-order valence-corrected chi connectivity index (χ0v) is 15.9. The second kappa shape index (κ2) is 7.74. The van der Waals surface area contributed by atoms with Gasteiger partial charge in [0.1, 0.15) is 0 Å². The first-order chi connectivity index (χ1) is 13.3. The molecule has 8 heteroatoms. The number of anilines is 1. The van der Waals surface area contributed by atoms with Gasteiger partial charge in [-0.1, -0.05) is 35.9 Å². The molecule has 3 rings (SSSR count). The summed E-state index contributed by atoms with van der Waals surface area (Å²) in [7, 11) is 1.25. The van der Waals surface area contributed by atoms with Gasteiger partial charge >= 0.3 is 18.0 Å². The highest BCUT2D eigenvalue weighted by Crippen LogP contribution is 2.36. The number of urea groups is 1. The molecule has 2 N–H and O–H groups in total. The molecular formula is C20H17ClN2O5. The van der Waals surface area contributed by atoms with E-state index in [1.165, 1.54) is 30.2 Å². The predicted octanol–water partition coefficient (Wildman–Crippen LogP) is 3.76. The van der Waals surface area contributed by atoms with Gasteiger partial charge in [0.05, 0.1) is 30.0 Å². The van der Waals surface area contributed by atoms with Gasteiger partial charge in [0.15, 0.2) is 0 Å². The van der Waals surface area contributed by atoms with Gasteiger partial charge in [0.2, 0.25) is 0 Å². The Labute approximate surface area is 166 Å². The predicted molar refractivity (Wildman–Crippen MR) is 103 cm³/mol. The molecule has 0 saturated carbocycles. The van der Waals surface area contributed by atoms with Crippen LogP contribution in [0, 0.1) is 0 Å². The number of hydrogen-bond donors (Lipinski definition) is 2. The van der Waals surface area contributed by atoms with Gasteiger partial charge in [-0.2, -0.15) is 0 Å². The molecule has 7 nitrogen and oxygen atoms in total. The summed E-state index contributed by atoms with van der Waals surface area (Å²) in [4.78, 5) is 37.9. The van der Waals surface area contributed by atoms with Crippen LogP contribution in [0.3, 0.4) is 0 Å². The quantitative estimate of drug-likeness (QED) is 0.762. The Morgan fingerprint density at radius 2 is 1.89 bits per heavy atom. The molecule has 2 amide bonds. The minimum Gasteiger partial charge on any atom is -0.478 e. The van der Waals surface area contributed by atoms with Gasteiger partial charge in [-0.3, -0.25) is 4.90 Å². The van der Waals surface area contributed by atoms with Crippen molar-refractivity contribution in [2.75, 3.05) is 12.0 Å². The van der Waals surface area contributed by atoms with Crippen molar-refractivity contribution in [1.29, 1.82) is 0 Å². The molecule has 1 atom stereocenters. The van der Waals surface area contributed by atoms with E-state index >= 15 is 0 Å². The smallest absolute Gasteiger partial charge is 0.337 e. The monoisotopic (exact) mass is 400 g/mol. The molecule has 0 saturated heterocycles. The number of aromatic carboxylic acids is 1. The highest BCUT2D eigenvalue weighted by Gasteiger charge is 2.37. The highest BCUT2D eigenvalue weighted by atomic mass is 35.5. The van der Waals surface area contributed by atoms with Crippen LogP contribution in [0.25, 0.3) is 0 Å². The van der Waals surface area contributed by atoms with Crippen LogP contribution in [0.1, 0.15) is 28.9 Å². The van der Waals surface area contributed by atoms with Crippen molar-refractivity contribution in [3.8, 4) is 0 Å². The van der Waals surface area contributed by atoms with E-state index in [1.807, 2.05) is 0 Å². The van der Waals surface area contributed by atoms with Crippen LogP contribution in [0.4, 0.5) is 10.5 Å². The van der Waals surface area contributed by atoms with Crippen molar-refractivity contribution >= 4 is 35.3 Å². The molecule has 0 aliphatic carbocycles. The van der Waals surface area contributed by atoms with Crippen LogP contribution in [-0.2, 0) is 9.53 Å². The number of carbonyl (C=O) groups excluding carboxylic acids is 2. The standard InChI is InChI=1S/C20H17ClN2O5/c1-11-16(19(26)28-2)17(14-8-3-4-9-15(14)21)22-20(27)23(11)13-7-5-6-12(10-13)18(24)25/h3-10,17H,1-2H3,(H,22,27)(H,24,25)/t17-/m0/s1. The van der Waals surface area contributed by atoms with Crippen LogP contribution in [0.2, 0.25) is 5.02 Å². The van der Waals surface area contributed by atoms with E-state index in [4.69, 9.17) is 16.3 Å². The maximum Gasteiger partial charge on any atom is 0.337 e. The van der Waals surface area contributed by atoms with E-state index in [0.29, 0.717) is 22.0 Å². The Morgan fingerprint density at radius 1 is 1.18 bits per heavy atom. The van der Waals surface area contributed by atoms with E-state index in [0.717, 1.165) is 0 Å². The molecule has 1 heterocycles. The van der Waals surface area contributed by atoms with Crippen molar-refractivity contribution in [3.05, 3.63) is 76.0 Å². The van der Waals surface area contributed by atoms with E-state index in [2.05, 4.69) is 5.32 Å². The van der Waals surface area contributed by atoms with Crippen LogP contribution >= 0.6 is 11.6 Å². The summed E-state index contributed by atoms with van der Waals surface area (Å²) in [5.74, 6) is -1.75. The van der Waals surface area contributed by atoms with E-state index in [1.54, 1.807) is 37.3 Å². The van der Waals surface area contributed by atoms with E-state index in [9.17, 15) is 19.5 Å². The molecule has 144 valence electrons. The number of halogens is 1. The number of carbonyl (C=O) groups is 3. The number of amides is 2. The summed E-state index contributed by atoms with van der Waals surface area (Å²) >= 11 is 6.27. The molecule has 0 fully saturated rings. The Bertz CT molecular complexity index is 1000. The zero-order chi connectivity index (χ0) is 20.4. The summed E-state index contributed by atoms with van der Waals surface area (Å²) in [6.45, 7) is 1.60. The maximum absolute atomic E-state index is 12.9. The summed E-state index contributed by atoms with van der Waals surface area (Å²) < 4.78 is 4.92. The minimum absolute atomic E-state index is 0.0194. The number of benzene rings is 2. The van der Waals surface area contributed by atoms with Gasteiger partial charge in [0.25, 0.3) is 0 Å². The first-order valence-electron chi connectivity index (χ1n) is 8.32. The third-order valence-corrected chi connectivity index (χ3v) is 4.80. The van der Waals surface area contributed by atoms with Crippen LogP contribution < -0.4 is 10.2 Å². The Hall–Kier alpha value is -3.32. The second-order valence-electron chi connectivity index (χ2n) is 6.09. The lowest BCUT2D eigenvalue weighted by atomic mass is 9.94. The summed E-state index contributed by atoms with van der Waals surface area (Å²) in [5.41, 5.74) is 1.41. The van der Waals surface area contributed by atoms with Crippen LogP contribution in [-0.4, -0.2) is 30.2 Å². The lowest BCUT2D eigenvalue weighted by molar-refractivity contribution is -0.136. The first-order valence-corrected chi connectivity index (χ1v) is 8.70. The van der Waals surface area contributed by atoms with Gasteiger partial charge < -0.3 is 15.2 Å². The van der Waals surface area contributed by atoms with Crippen molar-refractivity contribution < 1.29 is 24.2 Å². The minimum atomic E-state index is -1.12. The topological polar surface area (TPSA) is 95.9 Å². The number of carboxylic acids is 1. The summed E-state index contributed by atoms with van der Waals surface area (Å²) in [6.07, 6.45) is 0. The maximum atomic E-state index is 12.9. The normalized spacial score (nSPS) is 16.6. The van der Waals surface area contributed by atoms with Crippen molar-refractivity contribution in [1.82, 2.24) is 5.32 Å². The van der Waals surface area contributed by atoms with Gasteiger partial charge in [-0.05, 0) is 36.8 Å². The SMILES string of the molecule is COC(=O)C1=C(C)N(c2cccc(C(=O)O)c2)C(=O)N[C@H]1c1ccccc1Cl. The number of allylic oxidation sites excluding steroid dienone is 1. The average molecular weight is 401 g/mol. The molecule has 1 aliphatic rings. The Kier molecular flexibility index (Phi) is 5.37. The Morgan fingerprint density at radius 3 is 2.54 bits per heavy atom. The fourth-order valence-corrected chi connectivity index (χ4v) is 3.39. The Balaban J connectivity index is 2.17. The van der Waals surface area contributed by atoms with Crippen LogP contribution in [0.5, 0.6) is 0 Å². The molecule has 2 aromatic carbocycles. The number of nitrogens with one attached hydrogen (secondary N) is 1. The number of methoxy groups -OCH3 is 1. The zero-order valence-electron chi connectivity index (χ0n) is 15.1. The fourth-order valence-electron chi connectivity index (χ4n) is 3.15. The molecule has 2 aromatic rings. The number of rotatable bonds is 4. The lowest BCUT2D eigenvalue weighted by Crippen LogP contribution is -2.48. The molecule has 0 unspecified atom stereocenters. The number of carboxylic acid groups (broad SMARTS) is 1. The molecule has 0 radical (unpaired) electrons. The van der Waals surface area contributed by atoms with Gasteiger partial charge in [-0.25, -0.2) is 14.4 Å². The lowest BCUT2D eigenvalue weighted by Gasteiger charge is -2.35. The summed E-state index contributed by atoms with van der Waals surface area (Å²) in [5, 5.41) is 12.4. The largest absolute Gasteiger partial charge is 0.478 e. The number of esters is 1. The second-order valence-corrected chi connectivity index (χ2v) is 6.49. The van der Waals surface area contributed by atoms with Crippen molar-refractivity contribution in [3.63, 3.8) is 0 Å². The third kappa shape index (κ3) is 3.44. The van der Waals surface area contributed by atoms with Crippen molar-refractivity contribution in [2.24, 2.45) is 0 Å². The first kappa shape index (κ1) is 19.4. The molecule has 1 aliphatic heterocycles. The number of nitrogens with zero attached hydrogens (tertiary/aromatic N) is 1. The van der Waals surface area contributed by atoms with E-state index < -0.39 is 24.0 Å². The fraction of sp³-hybridized carbons (Fsp3) is 0.150. The average Bonchev–Trinajstić information content (AvgIpc) is 2.67. The number of ether oxygens (including phenoxy) is 1. The number of hydrogen-bond acceptors (Lipinski definition) is 4. The molecule has 0 bridgehead atoms. The third-order valence-electron chi connectivity index (χ3n) is 4.46. The van der Waals surface area contributed by atoms with E-state index in [-0.39, 0.29) is 11.1 Å². The molecule has 28 heavy (non-hydrogen) atoms.